The lowest BCUT2D eigenvalue weighted by atomic mass is 10.2. The van der Waals surface area contributed by atoms with Gasteiger partial charge in [-0.2, -0.15) is 0 Å². The number of nitrogen functional groups attached to an aromatic ring is 1. The Balaban J connectivity index is 1.76. The third-order valence-electron chi connectivity index (χ3n) is 3.18. The highest BCUT2D eigenvalue weighted by Gasteiger charge is 2.30. The Hall–Kier alpha value is -1.49. The van der Waals surface area contributed by atoms with Crippen LogP contribution in [0.15, 0.2) is 35.5 Å². The molecular weight excluding hydrogens is 244 g/mol. The van der Waals surface area contributed by atoms with E-state index in [0.717, 1.165) is 11.0 Å². The van der Waals surface area contributed by atoms with Crippen molar-refractivity contribution < 1.29 is 0 Å². The fraction of sp³-hybridized carbons (Fsp3) is 0.385. The Labute approximate surface area is 111 Å². The zero-order chi connectivity index (χ0) is 12.5. The van der Waals surface area contributed by atoms with Crippen LogP contribution in [0.25, 0.3) is 0 Å². The van der Waals surface area contributed by atoms with E-state index < -0.39 is 0 Å². The summed E-state index contributed by atoms with van der Waals surface area (Å²) in [7, 11) is 0. The third-order valence-corrected chi connectivity index (χ3v) is 4.30. The van der Waals surface area contributed by atoms with Gasteiger partial charge in [-0.3, -0.25) is 0 Å². The number of nitrogens with two attached hydrogens (primary N) is 1. The van der Waals surface area contributed by atoms with Crippen LogP contribution >= 0.6 is 11.8 Å². The van der Waals surface area contributed by atoms with E-state index in [9.17, 15) is 0 Å². The van der Waals surface area contributed by atoms with Gasteiger partial charge in [0.25, 0.3) is 0 Å². The van der Waals surface area contributed by atoms with E-state index in [1.54, 1.807) is 16.4 Å². The average molecular weight is 260 g/mol. The van der Waals surface area contributed by atoms with Gasteiger partial charge in [0, 0.05) is 11.2 Å². The standard InChI is InChI=1S/C13H16N4S/c1-9(10-5-3-2-4-6-10)18-13-16-15-12(17(13)14)11-7-8-11/h2-6,9,11H,7-8,14H2,1H3/t9-/m1/s1. The zero-order valence-electron chi connectivity index (χ0n) is 10.3. The lowest BCUT2D eigenvalue weighted by molar-refractivity contribution is 0.787. The first-order valence-electron chi connectivity index (χ1n) is 6.17. The molecule has 1 saturated carbocycles. The van der Waals surface area contributed by atoms with Crippen molar-refractivity contribution in [2.75, 3.05) is 5.84 Å². The van der Waals surface area contributed by atoms with E-state index >= 15 is 0 Å². The van der Waals surface area contributed by atoms with Crippen molar-refractivity contribution in [2.45, 2.75) is 36.1 Å². The fourth-order valence-electron chi connectivity index (χ4n) is 1.94. The molecule has 94 valence electrons. The summed E-state index contributed by atoms with van der Waals surface area (Å²) in [6, 6.07) is 10.4. The third kappa shape index (κ3) is 2.22. The summed E-state index contributed by atoms with van der Waals surface area (Å²) in [6.45, 7) is 2.16. The number of benzene rings is 1. The Morgan fingerprint density at radius 2 is 2.00 bits per heavy atom. The Kier molecular flexibility index (Phi) is 2.99. The molecule has 1 aromatic heterocycles. The molecular formula is C13H16N4S. The molecule has 5 heteroatoms. The van der Waals surface area contributed by atoms with Gasteiger partial charge in [-0.1, -0.05) is 42.1 Å². The predicted molar refractivity (Wildman–Crippen MR) is 72.9 cm³/mol. The lowest BCUT2D eigenvalue weighted by Gasteiger charge is -2.10. The Morgan fingerprint density at radius 3 is 2.67 bits per heavy atom. The van der Waals surface area contributed by atoms with Gasteiger partial charge in [0.1, 0.15) is 0 Å². The van der Waals surface area contributed by atoms with E-state index in [0.29, 0.717) is 11.2 Å². The molecule has 2 aromatic rings. The van der Waals surface area contributed by atoms with Crippen molar-refractivity contribution in [3.05, 3.63) is 41.7 Å². The van der Waals surface area contributed by atoms with Crippen LogP contribution in [-0.4, -0.2) is 14.9 Å². The average Bonchev–Trinajstić information content (AvgIpc) is 3.17. The van der Waals surface area contributed by atoms with Crippen LogP contribution < -0.4 is 5.84 Å². The van der Waals surface area contributed by atoms with Crippen molar-refractivity contribution in [1.29, 1.82) is 0 Å². The predicted octanol–water partition coefficient (Wildman–Crippen LogP) is 2.72. The minimum Gasteiger partial charge on any atom is -0.336 e. The molecule has 0 saturated heterocycles. The molecule has 0 spiro atoms. The summed E-state index contributed by atoms with van der Waals surface area (Å²) in [5.74, 6) is 7.50. The molecule has 1 aliphatic rings. The second-order valence-electron chi connectivity index (χ2n) is 4.66. The van der Waals surface area contributed by atoms with Crippen molar-refractivity contribution in [3.8, 4) is 0 Å². The Morgan fingerprint density at radius 1 is 1.28 bits per heavy atom. The normalized spacial score (nSPS) is 16.7. The van der Waals surface area contributed by atoms with Crippen LogP contribution in [0, 0.1) is 0 Å². The second kappa shape index (κ2) is 4.65. The maximum atomic E-state index is 6.04. The van der Waals surface area contributed by atoms with Gasteiger partial charge in [-0.15, -0.1) is 10.2 Å². The minimum absolute atomic E-state index is 0.324. The maximum absolute atomic E-state index is 6.04. The highest BCUT2D eigenvalue weighted by Crippen LogP contribution is 2.40. The van der Waals surface area contributed by atoms with Crippen LogP contribution in [0.3, 0.4) is 0 Å². The maximum Gasteiger partial charge on any atom is 0.210 e. The van der Waals surface area contributed by atoms with Gasteiger partial charge < -0.3 is 5.84 Å². The van der Waals surface area contributed by atoms with Gasteiger partial charge >= 0.3 is 0 Å². The first-order valence-corrected chi connectivity index (χ1v) is 7.05. The van der Waals surface area contributed by atoms with Gasteiger partial charge in [0.2, 0.25) is 5.16 Å². The highest BCUT2D eigenvalue weighted by atomic mass is 32.2. The number of rotatable bonds is 4. The van der Waals surface area contributed by atoms with E-state index in [-0.39, 0.29) is 0 Å². The van der Waals surface area contributed by atoms with Crippen molar-refractivity contribution in [2.24, 2.45) is 0 Å². The number of hydrogen-bond donors (Lipinski definition) is 1. The summed E-state index contributed by atoms with van der Waals surface area (Å²) in [6.07, 6.45) is 2.38. The van der Waals surface area contributed by atoms with Crippen LogP contribution in [0.5, 0.6) is 0 Å². The summed E-state index contributed by atoms with van der Waals surface area (Å²) in [5, 5.41) is 9.51. The number of aromatic nitrogens is 3. The zero-order valence-corrected chi connectivity index (χ0v) is 11.1. The molecule has 1 fully saturated rings. The van der Waals surface area contributed by atoms with Gasteiger partial charge in [0.15, 0.2) is 5.82 Å². The van der Waals surface area contributed by atoms with Gasteiger partial charge in [-0.25, -0.2) is 4.68 Å². The molecule has 0 amide bonds. The SMILES string of the molecule is C[C@@H](Sc1nnc(C2CC2)n1N)c1ccccc1. The van der Waals surface area contributed by atoms with Crippen LogP contribution in [-0.2, 0) is 0 Å². The second-order valence-corrected chi connectivity index (χ2v) is 5.96. The monoisotopic (exact) mass is 260 g/mol. The molecule has 0 unspecified atom stereocenters. The van der Waals surface area contributed by atoms with Crippen molar-refractivity contribution in [1.82, 2.24) is 14.9 Å². The molecule has 4 nitrogen and oxygen atoms in total. The first-order chi connectivity index (χ1) is 8.75. The number of nitrogens with zero attached hydrogens (tertiary/aromatic N) is 3. The molecule has 0 radical (unpaired) electrons. The number of hydrogen-bond acceptors (Lipinski definition) is 4. The Bertz CT molecular complexity index is 533. The quantitative estimate of drug-likeness (QED) is 0.678. The van der Waals surface area contributed by atoms with Crippen molar-refractivity contribution in [3.63, 3.8) is 0 Å². The first kappa shape index (κ1) is 11.6. The van der Waals surface area contributed by atoms with Crippen molar-refractivity contribution >= 4 is 11.8 Å². The van der Waals surface area contributed by atoms with E-state index in [4.69, 9.17) is 5.84 Å². The molecule has 1 aromatic carbocycles. The molecule has 1 heterocycles. The van der Waals surface area contributed by atoms with Crippen LogP contribution in [0.1, 0.15) is 42.3 Å². The summed E-state index contributed by atoms with van der Waals surface area (Å²) in [5.41, 5.74) is 1.28. The molecule has 18 heavy (non-hydrogen) atoms. The van der Waals surface area contributed by atoms with Crippen LogP contribution in [0.2, 0.25) is 0 Å². The fourth-order valence-corrected chi connectivity index (χ4v) is 2.84. The topological polar surface area (TPSA) is 56.7 Å². The van der Waals surface area contributed by atoms with Gasteiger partial charge in [-0.05, 0) is 25.3 Å². The summed E-state index contributed by atoms with van der Waals surface area (Å²) in [4.78, 5) is 0. The number of thioether (sulfide) groups is 1. The summed E-state index contributed by atoms with van der Waals surface area (Å²) >= 11 is 1.65. The molecule has 0 aliphatic heterocycles. The lowest BCUT2D eigenvalue weighted by Crippen LogP contribution is -2.13. The largest absolute Gasteiger partial charge is 0.336 e. The minimum atomic E-state index is 0.324. The van der Waals surface area contributed by atoms with E-state index in [1.807, 2.05) is 6.07 Å². The molecule has 0 bridgehead atoms. The molecule has 1 atom stereocenters. The van der Waals surface area contributed by atoms with Crippen LogP contribution in [0.4, 0.5) is 0 Å². The molecule has 3 rings (SSSR count). The smallest absolute Gasteiger partial charge is 0.210 e. The van der Waals surface area contributed by atoms with Gasteiger partial charge in [0.05, 0.1) is 0 Å². The van der Waals surface area contributed by atoms with E-state index in [2.05, 4.69) is 41.4 Å². The van der Waals surface area contributed by atoms with E-state index in [1.165, 1.54) is 18.4 Å². The highest BCUT2D eigenvalue weighted by molar-refractivity contribution is 7.99. The molecule has 1 aliphatic carbocycles. The summed E-state index contributed by atoms with van der Waals surface area (Å²) < 4.78 is 1.65. The molecule has 2 N–H and O–H groups in total.